The summed E-state index contributed by atoms with van der Waals surface area (Å²) in [7, 11) is 3.33. The zero-order valence-electron chi connectivity index (χ0n) is 22.6. The Kier molecular flexibility index (Phi) is 5.90. The first-order valence-electron chi connectivity index (χ1n) is 13.3. The highest BCUT2D eigenvalue weighted by Crippen LogP contribution is 2.34. The number of hydrogen-bond acceptors (Lipinski definition) is 5. The Bertz CT molecular complexity index is 1970. The highest BCUT2D eigenvalue weighted by atomic mass is 16.5. The number of aromatic amines is 2. The maximum atomic E-state index is 6.71. The van der Waals surface area contributed by atoms with Gasteiger partial charge < -0.3 is 25.2 Å². The number of rotatable bonds is 4. The van der Waals surface area contributed by atoms with E-state index in [9.17, 15) is 0 Å². The number of H-pyrrole nitrogens is 2. The fourth-order valence-electron chi connectivity index (χ4n) is 5.28. The zero-order chi connectivity index (χ0) is 27.9. The molecule has 41 heavy (non-hydrogen) atoms. The van der Waals surface area contributed by atoms with E-state index in [2.05, 4.69) is 22.1 Å². The standard InChI is InChI=1S/C34H27N5O2/c1-40-24-9-3-20(4-10-24)32-26-13-7-22(36-26)19-23-8-14-27(37-23)33(21-5-11-25(41-2)12-6-21)29-16-18-31(39-29)34(35)30-17-15-28(32)38-30/h3-19,36,39H,35H2,1-2H3. The van der Waals surface area contributed by atoms with Crippen LogP contribution in [0.25, 0.3) is 68.6 Å². The van der Waals surface area contributed by atoms with Crippen LogP contribution >= 0.6 is 0 Å². The van der Waals surface area contributed by atoms with Gasteiger partial charge in [-0.3, -0.25) is 0 Å². The molecule has 0 spiro atoms. The second kappa shape index (κ2) is 9.88. The van der Waals surface area contributed by atoms with Gasteiger partial charge in [0, 0.05) is 27.7 Å². The number of fused-ring (bicyclic) bond motifs is 8. The van der Waals surface area contributed by atoms with Crippen molar-refractivity contribution in [3.05, 3.63) is 102 Å². The Hall–Kier alpha value is -5.56. The van der Waals surface area contributed by atoms with Crippen molar-refractivity contribution in [1.29, 1.82) is 0 Å². The van der Waals surface area contributed by atoms with E-state index in [-0.39, 0.29) is 0 Å². The quantitative estimate of drug-likeness (QED) is 0.215. The Morgan fingerprint density at radius 1 is 0.561 bits per heavy atom. The van der Waals surface area contributed by atoms with Crippen LogP contribution in [0.2, 0.25) is 0 Å². The van der Waals surface area contributed by atoms with Gasteiger partial charge in [-0.1, -0.05) is 24.3 Å². The molecule has 7 nitrogen and oxygen atoms in total. The number of methoxy groups -OCH3 is 2. The molecule has 0 saturated carbocycles. The van der Waals surface area contributed by atoms with E-state index in [1.54, 1.807) is 14.2 Å². The molecule has 200 valence electrons. The molecule has 4 N–H and O–H groups in total. The number of nitrogen functional groups attached to an aromatic ring is 1. The summed E-state index contributed by atoms with van der Waals surface area (Å²) in [4.78, 5) is 17.1. The summed E-state index contributed by atoms with van der Waals surface area (Å²) in [5.41, 5.74) is 18.0. The van der Waals surface area contributed by atoms with Crippen molar-refractivity contribution < 1.29 is 9.47 Å². The van der Waals surface area contributed by atoms with Crippen LogP contribution in [0.1, 0.15) is 22.8 Å². The number of nitrogens with two attached hydrogens (primary N) is 1. The summed E-state index contributed by atoms with van der Waals surface area (Å²) in [6.07, 6.45) is 8.04. The van der Waals surface area contributed by atoms with Crippen LogP contribution < -0.4 is 15.2 Å². The Morgan fingerprint density at radius 3 is 1.76 bits per heavy atom. The van der Waals surface area contributed by atoms with E-state index < -0.39 is 0 Å². The second-order valence-corrected chi connectivity index (χ2v) is 9.85. The highest BCUT2D eigenvalue weighted by molar-refractivity contribution is 5.95. The molecule has 7 heteroatoms. The number of nitrogens with one attached hydrogen (secondary N) is 2. The van der Waals surface area contributed by atoms with E-state index in [4.69, 9.17) is 25.2 Å². The van der Waals surface area contributed by atoms with Gasteiger partial charge in [-0.05, 0) is 90.0 Å². The van der Waals surface area contributed by atoms with Crippen molar-refractivity contribution in [2.75, 3.05) is 20.0 Å². The maximum absolute atomic E-state index is 6.71. The Morgan fingerprint density at radius 2 is 1.10 bits per heavy atom. The molecule has 0 amide bonds. The maximum Gasteiger partial charge on any atom is 0.118 e. The minimum Gasteiger partial charge on any atom is -0.497 e. The van der Waals surface area contributed by atoms with E-state index >= 15 is 0 Å². The zero-order valence-corrected chi connectivity index (χ0v) is 22.6. The van der Waals surface area contributed by atoms with Crippen molar-refractivity contribution in [1.82, 2.24) is 19.9 Å². The molecule has 0 aliphatic carbocycles. The van der Waals surface area contributed by atoms with Crippen LogP contribution in [0.5, 0.6) is 11.5 Å². The predicted molar refractivity (Wildman–Crippen MR) is 167 cm³/mol. The summed E-state index contributed by atoms with van der Waals surface area (Å²) in [5, 5.41) is 0. The number of nitrogens with zero attached hydrogens (tertiary/aromatic N) is 2. The number of aromatic nitrogens is 4. The number of ether oxygens (including phenoxy) is 2. The molecule has 5 aromatic rings. The lowest BCUT2D eigenvalue weighted by atomic mass is 10.0. The van der Waals surface area contributed by atoms with Gasteiger partial charge in [-0.15, -0.1) is 0 Å². The molecule has 5 heterocycles. The minimum absolute atomic E-state index is 0.564. The van der Waals surface area contributed by atoms with Crippen LogP contribution in [0, 0.1) is 0 Å². The van der Waals surface area contributed by atoms with Crippen LogP contribution in [0.4, 0.5) is 5.69 Å². The molecule has 3 aromatic heterocycles. The SMILES string of the molecule is COc1ccc(-c2c3nc(c(N)c4ccc([nH]4)c(-c4ccc(OC)cc4)c4nc(cc5ccc2[nH]5)C=C4)C=C3)cc1. The molecule has 0 fully saturated rings. The highest BCUT2D eigenvalue weighted by Gasteiger charge is 2.15. The molecular formula is C34H27N5O2. The summed E-state index contributed by atoms with van der Waals surface area (Å²) < 4.78 is 10.8. The first-order valence-corrected chi connectivity index (χ1v) is 13.3. The monoisotopic (exact) mass is 537 g/mol. The molecule has 2 aliphatic heterocycles. The lowest BCUT2D eigenvalue weighted by Gasteiger charge is -2.06. The number of hydrogen-bond donors (Lipinski definition) is 3. The number of benzene rings is 2. The average molecular weight is 538 g/mol. The van der Waals surface area contributed by atoms with Crippen molar-refractivity contribution >= 4 is 52.1 Å². The molecular weight excluding hydrogens is 510 g/mol. The van der Waals surface area contributed by atoms with Crippen molar-refractivity contribution in [3.63, 3.8) is 0 Å². The third-order valence-electron chi connectivity index (χ3n) is 7.37. The summed E-state index contributed by atoms with van der Waals surface area (Å²) in [6, 6.07) is 26.2. The minimum atomic E-state index is 0.564. The van der Waals surface area contributed by atoms with Gasteiger partial charge in [0.15, 0.2) is 0 Å². The molecule has 2 aromatic carbocycles. The van der Waals surface area contributed by atoms with Gasteiger partial charge in [0.2, 0.25) is 0 Å². The van der Waals surface area contributed by atoms with Crippen LogP contribution in [-0.2, 0) is 0 Å². The van der Waals surface area contributed by atoms with Crippen LogP contribution in [0.15, 0.2) is 78.9 Å². The van der Waals surface area contributed by atoms with E-state index in [0.717, 1.165) is 72.9 Å². The summed E-state index contributed by atoms with van der Waals surface area (Å²) >= 11 is 0. The fraction of sp³-hybridized carbons (Fsp3) is 0.0588. The second-order valence-electron chi connectivity index (χ2n) is 9.85. The number of anilines is 1. The first kappa shape index (κ1) is 24.5. The lowest BCUT2D eigenvalue weighted by molar-refractivity contribution is 0.415. The van der Waals surface area contributed by atoms with E-state index in [0.29, 0.717) is 11.4 Å². The van der Waals surface area contributed by atoms with Gasteiger partial charge in [0.25, 0.3) is 0 Å². The molecule has 0 unspecified atom stereocenters. The first-order chi connectivity index (χ1) is 20.1. The van der Waals surface area contributed by atoms with Gasteiger partial charge in [0.1, 0.15) is 11.5 Å². The van der Waals surface area contributed by atoms with Gasteiger partial charge in [-0.25, -0.2) is 9.97 Å². The largest absolute Gasteiger partial charge is 0.497 e. The summed E-state index contributed by atoms with van der Waals surface area (Å²) in [5.74, 6) is 1.59. The summed E-state index contributed by atoms with van der Waals surface area (Å²) in [6.45, 7) is 0. The molecule has 0 saturated heterocycles. The third-order valence-corrected chi connectivity index (χ3v) is 7.37. The van der Waals surface area contributed by atoms with Crippen LogP contribution in [0.3, 0.4) is 0 Å². The fourth-order valence-corrected chi connectivity index (χ4v) is 5.28. The normalized spacial score (nSPS) is 12.0. The van der Waals surface area contributed by atoms with Crippen molar-refractivity contribution in [2.24, 2.45) is 0 Å². The van der Waals surface area contributed by atoms with E-state index in [1.807, 2.05) is 91.0 Å². The third kappa shape index (κ3) is 4.43. The lowest BCUT2D eigenvalue weighted by Crippen LogP contribution is -1.91. The van der Waals surface area contributed by atoms with Crippen LogP contribution in [-0.4, -0.2) is 34.2 Å². The van der Waals surface area contributed by atoms with Gasteiger partial charge in [-0.2, -0.15) is 0 Å². The molecule has 8 bridgehead atoms. The Labute approximate surface area is 236 Å². The topological polar surface area (TPSA) is 102 Å². The van der Waals surface area contributed by atoms with Gasteiger partial charge >= 0.3 is 0 Å². The molecule has 2 aliphatic rings. The Balaban J connectivity index is 1.55. The molecule has 0 radical (unpaired) electrons. The van der Waals surface area contributed by atoms with E-state index in [1.165, 1.54) is 0 Å². The smallest absolute Gasteiger partial charge is 0.118 e. The average Bonchev–Trinajstić information content (AvgIpc) is 3.83. The molecule has 0 atom stereocenters. The van der Waals surface area contributed by atoms with Crippen molar-refractivity contribution in [2.45, 2.75) is 0 Å². The molecule has 7 rings (SSSR count). The van der Waals surface area contributed by atoms with Gasteiger partial charge in [0.05, 0.1) is 48.2 Å². The van der Waals surface area contributed by atoms with Crippen molar-refractivity contribution in [3.8, 4) is 33.8 Å². The predicted octanol–water partition coefficient (Wildman–Crippen LogP) is 7.59.